The normalized spacial score (nSPS) is 11.9. The maximum absolute atomic E-state index is 12.4. The van der Waals surface area contributed by atoms with E-state index in [-0.39, 0.29) is 5.91 Å². The molecule has 0 N–H and O–H groups in total. The number of amides is 1. The standard InChI is InChI=1S/C23H26N2OS2/c1-4-12-25-20-14-17(2)18(3)15-21(20)28-23(25)24-22(26)11-8-13-27-16-19-9-6-5-7-10-19/h4-7,9-10,14-15H,1,8,11-13,16H2,2-3H3. The summed E-state index contributed by atoms with van der Waals surface area (Å²) >= 11 is 3.44. The number of thioether (sulfide) groups is 1. The van der Waals surface area contributed by atoms with Crippen molar-refractivity contribution < 1.29 is 4.79 Å². The van der Waals surface area contributed by atoms with Crippen molar-refractivity contribution in [3.05, 3.63) is 76.6 Å². The van der Waals surface area contributed by atoms with Gasteiger partial charge in [-0.1, -0.05) is 47.7 Å². The average molecular weight is 411 g/mol. The average Bonchev–Trinajstić information content (AvgIpc) is 2.99. The number of allylic oxidation sites excluding steroid dienone is 1. The van der Waals surface area contributed by atoms with Crippen molar-refractivity contribution in [1.82, 2.24) is 4.57 Å². The lowest BCUT2D eigenvalue weighted by Crippen LogP contribution is -2.16. The van der Waals surface area contributed by atoms with Crippen LogP contribution in [0.5, 0.6) is 0 Å². The van der Waals surface area contributed by atoms with E-state index >= 15 is 0 Å². The molecule has 1 heterocycles. The number of hydrogen-bond acceptors (Lipinski definition) is 3. The van der Waals surface area contributed by atoms with Gasteiger partial charge < -0.3 is 4.57 Å². The maximum Gasteiger partial charge on any atom is 0.248 e. The fourth-order valence-electron chi connectivity index (χ4n) is 2.96. The summed E-state index contributed by atoms with van der Waals surface area (Å²) in [6.07, 6.45) is 3.19. The molecule has 3 aromatic rings. The molecule has 3 rings (SSSR count). The van der Waals surface area contributed by atoms with Crippen molar-refractivity contribution in [1.29, 1.82) is 0 Å². The maximum atomic E-state index is 12.4. The predicted octanol–water partition coefficient (Wildman–Crippen LogP) is 5.65. The summed E-state index contributed by atoms with van der Waals surface area (Å²) in [5, 5.41) is 0. The van der Waals surface area contributed by atoms with Crippen LogP contribution in [0.2, 0.25) is 0 Å². The summed E-state index contributed by atoms with van der Waals surface area (Å²) in [6, 6.07) is 14.8. The van der Waals surface area contributed by atoms with Crippen LogP contribution in [0.4, 0.5) is 0 Å². The number of rotatable bonds is 8. The molecular formula is C23H26N2OS2. The van der Waals surface area contributed by atoms with Crippen molar-refractivity contribution in [2.75, 3.05) is 5.75 Å². The lowest BCUT2D eigenvalue weighted by atomic mass is 10.1. The van der Waals surface area contributed by atoms with Gasteiger partial charge in [-0.2, -0.15) is 16.8 Å². The minimum Gasteiger partial charge on any atom is -0.312 e. The molecule has 0 aliphatic rings. The van der Waals surface area contributed by atoms with Gasteiger partial charge >= 0.3 is 0 Å². The van der Waals surface area contributed by atoms with Crippen molar-refractivity contribution in [3.63, 3.8) is 0 Å². The van der Waals surface area contributed by atoms with Crippen LogP contribution < -0.4 is 4.80 Å². The highest BCUT2D eigenvalue weighted by atomic mass is 32.2. The molecule has 0 radical (unpaired) electrons. The van der Waals surface area contributed by atoms with Gasteiger partial charge in [0, 0.05) is 18.7 Å². The van der Waals surface area contributed by atoms with E-state index in [4.69, 9.17) is 0 Å². The van der Waals surface area contributed by atoms with Gasteiger partial charge in [0.05, 0.1) is 10.2 Å². The van der Waals surface area contributed by atoms with Gasteiger partial charge in [-0.25, -0.2) is 0 Å². The predicted molar refractivity (Wildman–Crippen MR) is 122 cm³/mol. The van der Waals surface area contributed by atoms with E-state index in [1.54, 1.807) is 11.3 Å². The Balaban J connectivity index is 1.65. The van der Waals surface area contributed by atoms with Gasteiger partial charge in [0.2, 0.25) is 5.91 Å². The lowest BCUT2D eigenvalue weighted by molar-refractivity contribution is -0.118. The molecular weight excluding hydrogens is 384 g/mol. The Bertz CT molecular complexity index is 1030. The van der Waals surface area contributed by atoms with E-state index in [0.717, 1.165) is 32.9 Å². The molecule has 146 valence electrons. The molecule has 0 saturated heterocycles. The molecule has 28 heavy (non-hydrogen) atoms. The SMILES string of the molecule is C=CCn1c(=NC(=O)CCCSCc2ccccc2)sc2cc(C)c(C)cc21. The fraction of sp³-hybridized carbons (Fsp3) is 0.304. The third-order valence-corrected chi connectivity index (χ3v) is 6.78. The summed E-state index contributed by atoms with van der Waals surface area (Å²) in [5.74, 6) is 1.91. The van der Waals surface area contributed by atoms with Gasteiger partial charge in [-0.05, 0) is 54.8 Å². The Morgan fingerprint density at radius 2 is 1.96 bits per heavy atom. The first-order valence-corrected chi connectivity index (χ1v) is 11.5. The fourth-order valence-corrected chi connectivity index (χ4v) is 5.02. The second-order valence-corrected chi connectivity index (χ2v) is 8.95. The van der Waals surface area contributed by atoms with Crippen LogP contribution in [-0.2, 0) is 17.1 Å². The first kappa shape index (κ1) is 20.6. The molecule has 5 heteroatoms. The van der Waals surface area contributed by atoms with E-state index < -0.39 is 0 Å². The molecule has 0 atom stereocenters. The molecule has 0 fully saturated rings. The minimum atomic E-state index is -0.0434. The van der Waals surface area contributed by atoms with Crippen molar-refractivity contribution in [2.45, 2.75) is 39.0 Å². The van der Waals surface area contributed by atoms with Crippen molar-refractivity contribution in [2.24, 2.45) is 4.99 Å². The van der Waals surface area contributed by atoms with E-state index in [1.807, 2.05) is 23.9 Å². The van der Waals surface area contributed by atoms with Gasteiger partial charge in [0.25, 0.3) is 0 Å². The number of carbonyl (C=O) groups is 1. The zero-order valence-corrected chi connectivity index (χ0v) is 18.1. The largest absolute Gasteiger partial charge is 0.312 e. The van der Waals surface area contributed by atoms with Crippen LogP contribution in [0.1, 0.15) is 29.5 Å². The van der Waals surface area contributed by atoms with Gasteiger partial charge in [0.1, 0.15) is 0 Å². The quantitative estimate of drug-likeness (QED) is 0.355. The zero-order valence-electron chi connectivity index (χ0n) is 16.5. The number of aryl methyl sites for hydroxylation is 2. The third kappa shape index (κ3) is 5.24. The first-order chi connectivity index (χ1) is 13.6. The summed E-state index contributed by atoms with van der Waals surface area (Å²) in [4.78, 5) is 17.6. The van der Waals surface area contributed by atoms with Crippen LogP contribution in [0.3, 0.4) is 0 Å². The monoisotopic (exact) mass is 410 g/mol. The number of nitrogens with zero attached hydrogens (tertiary/aromatic N) is 2. The van der Waals surface area contributed by atoms with Gasteiger partial charge in [-0.15, -0.1) is 6.58 Å². The summed E-state index contributed by atoms with van der Waals surface area (Å²) in [6.45, 7) is 8.73. The van der Waals surface area contributed by atoms with Gasteiger partial charge in [0.15, 0.2) is 4.80 Å². The highest BCUT2D eigenvalue weighted by Gasteiger charge is 2.09. The van der Waals surface area contributed by atoms with Crippen LogP contribution in [-0.4, -0.2) is 16.2 Å². The highest BCUT2D eigenvalue weighted by molar-refractivity contribution is 7.98. The third-order valence-electron chi connectivity index (χ3n) is 4.62. The Labute approximate surface area is 174 Å². The highest BCUT2D eigenvalue weighted by Crippen LogP contribution is 2.22. The minimum absolute atomic E-state index is 0.0434. The molecule has 1 aromatic heterocycles. The number of thiazole rings is 1. The van der Waals surface area contributed by atoms with Crippen molar-refractivity contribution >= 4 is 39.2 Å². The molecule has 2 aromatic carbocycles. The Kier molecular flexibility index (Phi) is 7.29. The Morgan fingerprint density at radius 3 is 2.71 bits per heavy atom. The summed E-state index contributed by atoms with van der Waals surface area (Å²) in [7, 11) is 0. The van der Waals surface area contributed by atoms with E-state index in [9.17, 15) is 4.79 Å². The van der Waals surface area contributed by atoms with E-state index in [0.29, 0.717) is 13.0 Å². The lowest BCUT2D eigenvalue weighted by Gasteiger charge is -2.04. The van der Waals surface area contributed by atoms with Crippen LogP contribution in [0, 0.1) is 13.8 Å². The van der Waals surface area contributed by atoms with Crippen LogP contribution >= 0.6 is 23.1 Å². The topological polar surface area (TPSA) is 34.4 Å². The molecule has 0 bridgehead atoms. The number of benzene rings is 2. The smallest absolute Gasteiger partial charge is 0.248 e. The Hall–Kier alpha value is -2.11. The number of fused-ring (bicyclic) bond motifs is 1. The van der Waals surface area contributed by atoms with Crippen LogP contribution in [0.25, 0.3) is 10.2 Å². The van der Waals surface area contributed by atoms with Crippen LogP contribution in [0.15, 0.2) is 60.1 Å². The second-order valence-electron chi connectivity index (χ2n) is 6.84. The molecule has 1 amide bonds. The zero-order chi connectivity index (χ0) is 19.9. The number of aromatic nitrogens is 1. The molecule has 0 unspecified atom stereocenters. The molecule has 0 spiro atoms. The molecule has 3 nitrogen and oxygen atoms in total. The molecule has 0 aliphatic heterocycles. The number of hydrogen-bond donors (Lipinski definition) is 0. The number of carbonyl (C=O) groups excluding carboxylic acids is 1. The molecule has 0 aliphatic carbocycles. The molecule has 0 saturated carbocycles. The summed E-state index contributed by atoms with van der Waals surface area (Å²) in [5.41, 5.74) is 4.95. The Morgan fingerprint density at radius 1 is 1.21 bits per heavy atom. The first-order valence-electron chi connectivity index (χ1n) is 9.49. The van der Waals surface area contributed by atoms with E-state index in [1.165, 1.54) is 16.7 Å². The van der Waals surface area contributed by atoms with Crippen molar-refractivity contribution in [3.8, 4) is 0 Å². The van der Waals surface area contributed by atoms with Gasteiger partial charge in [-0.3, -0.25) is 4.79 Å². The summed E-state index contributed by atoms with van der Waals surface area (Å²) < 4.78 is 3.25. The second kappa shape index (κ2) is 9.89. The van der Waals surface area contributed by atoms with E-state index in [2.05, 4.69) is 66.4 Å².